The van der Waals surface area contributed by atoms with Gasteiger partial charge in [0.05, 0.1) is 22.4 Å². The van der Waals surface area contributed by atoms with Crippen LogP contribution >= 0.6 is 34.3 Å². The lowest BCUT2D eigenvalue weighted by Crippen LogP contribution is -2.27. The summed E-state index contributed by atoms with van der Waals surface area (Å²) in [5.74, 6) is -0.334. The molecular formula is C21H13ClN4O2S2. The van der Waals surface area contributed by atoms with Crippen molar-refractivity contribution in [2.45, 2.75) is 6.54 Å². The Bertz CT molecular complexity index is 1460. The number of pyridine rings is 1. The van der Waals surface area contributed by atoms with Gasteiger partial charge in [0.2, 0.25) is 5.91 Å². The van der Waals surface area contributed by atoms with Crippen molar-refractivity contribution in [2.75, 3.05) is 5.32 Å². The SMILES string of the molecule is O=C(Cn1cnc2c(sc3nc(-c4cccs4)ccc32)c1=O)Nc1cccc(Cl)c1. The number of carbonyl (C=O) groups excluding carboxylic acids is 1. The van der Waals surface area contributed by atoms with Crippen molar-refractivity contribution in [3.05, 3.63) is 75.6 Å². The Hall–Kier alpha value is -3.07. The summed E-state index contributed by atoms with van der Waals surface area (Å²) < 4.78 is 1.79. The van der Waals surface area contributed by atoms with Crippen LogP contribution in [-0.4, -0.2) is 20.4 Å². The smallest absolute Gasteiger partial charge is 0.271 e. The summed E-state index contributed by atoms with van der Waals surface area (Å²) in [6, 6.07) is 14.7. The molecule has 0 saturated carbocycles. The Morgan fingerprint density at radius 1 is 1.17 bits per heavy atom. The third-order valence-corrected chi connectivity index (χ3v) is 6.71. The maximum Gasteiger partial charge on any atom is 0.271 e. The van der Waals surface area contributed by atoms with Gasteiger partial charge in [0.1, 0.15) is 16.1 Å². The standard InChI is InChI=1S/C21H13ClN4O2S2/c22-12-3-1-4-13(9-12)24-17(27)10-26-11-23-18-14-6-7-15(16-5-2-8-29-16)25-20(14)30-19(18)21(26)28/h1-9,11H,10H2,(H,24,27). The van der Waals surface area contributed by atoms with Crippen LogP contribution in [0.25, 0.3) is 31.0 Å². The highest BCUT2D eigenvalue weighted by Gasteiger charge is 2.15. The molecule has 1 N–H and O–H groups in total. The number of thiophene rings is 2. The molecule has 148 valence electrons. The number of benzene rings is 1. The second kappa shape index (κ2) is 7.64. The lowest BCUT2D eigenvalue weighted by atomic mass is 10.2. The zero-order valence-corrected chi connectivity index (χ0v) is 17.7. The second-order valence-electron chi connectivity index (χ2n) is 6.54. The number of amides is 1. The molecule has 0 spiro atoms. The first-order valence-corrected chi connectivity index (χ1v) is 11.0. The normalized spacial score (nSPS) is 11.2. The van der Waals surface area contributed by atoms with Gasteiger partial charge < -0.3 is 5.32 Å². The highest BCUT2D eigenvalue weighted by atomic mass is 35.5. The van der Waals surface area contributed by atoms with E-state index in [0.29, 0.717) is 20.9 Å². The van der Waals surface area contributed by atoms with Gasteiger partial charge in [0, 0.05) is 16.1 Å². The third kappa shape index (κ3) is 3.49. The first kappa shape index (κ1) is 18.9. The number of halogens is 1. The van der Waals surface area contributed by atoms with Crippen LogP contribution in [0, 0.1) is 0 Å². The van der Waals surface area contributed by atoms with Crippen LogP contribution in [0.3, 0.4) is 0 Å². The average molecular weight is 453 g/mol. The molecule has 0 aliphatic carbocycles. The van der Waals surface area contributed by atoms with Crippen LogP contribution in [-0.2, 0) is 11.3 Å². The number of nitrogens with one attached hydrogen (secondary N) is 1. The van der Waals surface area contributed by atoms with Crippen LogP contribution in [0.2, 0.25) is 5.02 Å². The van der Waals surface area contributed by atoms with E-state index in [9.17, 15) is 9.59 Å². The van der Waals surface area contributed by atoms with E-state index in [0.717, 1.165) is 20.8 Å². The molecule has 1 aromatic carbocycles. The predicted molar refractivity (Wildman–Crippen MR) is 123 cm³/mol. The van der Waals surface area contributed by atoms with Gasteiger partial charge in [0.25, 0.3) is 5.56 Å². The Labute approximate surface area is 183 Å². The Morgan fingerprint density at radius 2 is 2.07 bits per heavy atom. The maximum atomic E-state index is 13.0. The van der Waals surface area contributed by atoms with Gasteiger partial charge in [-0.05, 0) is 41.8 Å². The minimum absolute atomic E-state index is 0.142. The van der Waals surface area contributed by atoms with Crippen LogP contribution in [0.5, 0.6) is 0 Å². The first-order valence-electron chi connectivity index (χ1n) is 8.96. The minimum atomic E-state index is -0.334. The zero-order chi connectivity index (χ0) is 20.7. The summed E-state index contributed by atoms with van der Waals surface area (Å²) in [6.07, 6.45) is 1.40. The molecule has 30 heavy (non-hydrogen) atoms. The maximum absolute atomic E-state index is 13.0. The Kier molecular flexibility index (Phi) is 4.82. The summed E-state index contributed by atoms with van der Waals surface area (Å²) in [5, 5.41) is 6.10. The van der Waals surface area contributed by atoms with Gasteiger partial charge in [-0.25, -0.2) is 9.97 Å². The van der Waals surface area contributed by atoms with Crippen LogP contribution in [0.4, 0.5) is 5.69 Å². The molecule has 0 radical (unpaired) electrons. The van der Waals surface area contributed by atoms with E-state index < -0.39 is 0 Å². The average Bonchev–Trinajstić information content (AvgIpc) is 3.38. The second-order valence-corrected chi connectivity index (χ2v) is 8.93. The lowest BCUT2D eigenvalue weighted by Gasteiger charge is -2.07. The fraction of sp³-hybridized carbons (Fsp3) is 0.0476. The van der Waals surface area contributed by atoms with Gasteiger partial charge in [-0.2, -0.15) is 0 Å². The minimum Gasteiger partial charge on any atom is -0.324 e. The first-order chi connectivity index (χ1) is 14.6. The van der Waals surface area contributed by atoms with Crippen molar-refractivity contribution in [3.8, 4) is 10.6 Å². The number of rotatable bonds is 4. The summed E-state index contributed by atoms with van der Waals surface area (Å²) in [4.78, 5) is 36.3. The summed E-state index contributed by atoms with van der Waals surface area (Å²) >= 11 is 8.85. The third-order valence-electron chi connectivity index (χ3n) is 4.51. The number of hydrogen-bond acceptors (Lipinski definition) is 6. The number of hydrogen-bond donors (Lipinski definition) is 1. The van der Waals surface area contributed by atoms with Crippen LogP contribution < -0.4 is 10.9 Å². The molecule has 0 bridgehead atoms. The van der Waals surface area contributed by atoms with Gasteiger partial charge in [-0.1, -0.05) is 23.7 Å². The van der Waals surface area contributed by atoms with E-state index in [2.05, 4.69) is 10.3 Å². The van der Waals surface area contributed by atoms with Gasteiger partial charge in [-0.3, -0.25) is 14.2 Å². The molecule has 0 aliphatic heterocycles. The number of fused-ring (bicyclic) bond motifs is 3. The summed E-state index contributed by atoms with van der Waals surface area (Å²) in [7, 11) is 0. The largest absolute Gasteiger partial charge is 0.324 e. The fourth-order valence-electron chi connectivity index (χ4n) is 3.14. The number of carbonyl (C=O) groups is 1. The molecule has 0 aliphatic rings. The molecule has 5 aromatic rings. The van der Waals surface area contributed by atoms with E-state index in [4.69, 9.17) is 16.6 Å². The Balaban J connectivity index is 1.48. The molecule has 0 atom stereocenters. The number of nitrogens with zero attached hydrogens (tertiary/aromatic N) is 3. The topological polar surface area (TPSA) is 76.9 Å². The molecule has 1 amide bonds. The van der Waals surface area contributed by atoms with E-state index in [-0.39, 0.29) is 18.0 Å². The van der Waals surface area contributed by atoms with Crippen molar-refractivity contribution in [1.82, 2.24) is 14.5 Å². The molecule has 4 heterocycles. The number of aromatic nitrogens is 3. The molecule has 5 rings (SSSR count). The Morgan fingerprint density at radius 3 is 2.87 bits per heavy atom. The van der Waals surface area contributed by atoms with Gasteiger partial charge in [-0.15, -0.1) is 22.7 Å². The van der Waals surface area contributed by atoms with Crippen molar-refractivity contribution in [3.63, 3.8) is 0 Å². The fourth-order valence-corrected chi connectivity index (χ4v) is 5.11. The quantitative estimate of drug-likeness (QED) is 0.415. The van der Waals surface area contributed by atoms with Crippen LogP contribution in [0.1, 0.15) is 0 Å². The monoisotopic (exact) mass is 452 g/mol. The van der Waals surface area contributed by atoms with Gasteiger partial charge in [0.15, 0.2) is 0 Å². The number of anilines is 1. The highest BCUT2D eigenvalue weighted by Crippen LogP contribution is 2.32. The van der Waals surface area contributed by atoms with Crippen molar-refractivity contribution in [1.29, 1.82) is 0 Å². The van der Waals surface area contributed by atoms with E-state index >= 15 is 0 Å². The predicted octanol–water partition coefficient (Wildman–Crippen LogP) is 5.03. The summed E-state index contributed by atoms with van der Waals surface area (Å²) in [6.45, 7) is -0.142. The van der Waals surface area contributed by atoms with Crippen molar-refractivity contribution in [2.24, 2.45) is 0 Å². The van der Waals surface area contributed by atoms with E-state index in [1.807, 2.05) is 29.6 Å². The summed E-state index contributed by atoms with van der Waals surface area (Å²) in [5.41, 5.74) is 1.78. The molecule has 0 unspecified atom stereocenters. The van der Waals surface area contributed by atoms with Gasteiger partial charge >= 0.3 is 0 Å². The molecular weight excluding hydrogens is 440 g/mol. The zero-order valence-electron chi connectivity index (χ0n) is 15.3. The highest BCUT2D eigenvalue weighted by molar-refractivity contribution is 7.25. The van der Waals surface area contributed by atoms with E-state index in [1.165, 1.54) is 22.2 Å². The molecule has 6 nitrogen and oxygen atoms in total. The van der Waals surface area contributed by atoms with Crippen molar-refractivity contribution >= 4 is 66.3 Å². The molecule has 0 fully saturated rings. The molecule has 9 heteroatoms. The van der Waals surface area contributed by atoms with E-state index in [1.54, 1.807) is 35.6 Å². The van der Waals surface area contributed by atoms with Crippen molar-refractivity contribution < 1.29 is 4.79 Å². The molecule has 4 aromatic heterocycles. The van der Waals surface area contributed by atoms with Crippen LogP contribution in [0.15, 0.2) is 65.0 Å². The molecule has 0 saturated heterocycles. The lowest BCUT2D eigenvalue weighted by molar-refractivity contribution is -0.116.